The van der Waals surface area contributed by atoms with E-state index in [0.29, 0.717) is 90.8 Å². The van der Waals surface area contributed by atoms with Crippen molar-refractivity contribution in [3.63, 3.8) is 0 Å². The Labute approximate surface area is 259 Å². The van der Waals surface area contributed by atoms with Gasteiger partial charge in [-0.05, 0) is 79.6 Å². The zero-order chi connectivity index (χ0) is 30.9. The molecule has 3 fully saturated rings. The molecule has 0 spiro atoms. The SMILES string of the molecule is CCc1c(F)ccc2cc(O)cc(-c3nc4c5c(nc(OC[C@@]67CCCN6C[C@H](F)C7)nc5c3F)N3CCCOC[C@H]3CC4)c12. The van der Waals surface area contributed by atoms with Crippen LogP contribution in [0.4, 0.5) is 19.0 Å². The Kier molecular flexibility index (Phi) is 7.01. The van der Waals surface area contributed by atoms with E-state index in [-0.39, 0.29) is 35.6 Å². The third-order valence-corrected chi connectivity index (χ3v) is 10.2. The summed E-state index contributed by atoms with van der Waals surface area (Å²) >= 11 is 0. The van der Waals surface area contributed by atoms with Crippen molar-refractivity contribution in [1.29, 1.82) is 0 Å². The molecule has 0 aliphatic carbocycles. The summed E-state index contributed by atoms with van der Waals surface area (Å²) in [6.07, 6.45) is 3.70. The lowest BCUT2D eigenvalue weighted by molar-refractivity contribution is 0.107. The van der Waals surface area contributed by atoms with Crippen molar-refractivity contribution in [1.82, 2.24) is 19.9 Å². The lowest BCUT2D eigenvalue weighted by Crippen LogP contribution is -2.43. The van der Waals surface area contributed by atoms with Gasteiger partial charge in [0.1, 0.15) is 41.4 Å². The van der Waals surface area contributed by atoms with E-state index in [1.165, 1.54) is 12.1 Å². The second kappa shape index (κ2) is 11.0. The molecule has 0 bridgehead atoms. The van der Waals surface area contributed by atoms with Crippen LogP contribution in [-0.4, -0.2) is 82.2 Å². The summed E-state index contributed by atoms with van der Waals surface area (Å²) in [5.74, 6) is -0.588. The number of ether oxygens (including phenoxy) is 2. The summed E-state index contributed by atoms with van der Waals surface area (Å²) in [5, 5.41) is 12.3. The van der Waals surface area contributed by atoms with E-state index in [0.717, 1.165) is 25.8 Å². The van der Waals surface area contributed by atoms with Crippen LogP contribution in [0, 0.1) is 11.6 Å². The van der Waals surface area contributed by atoms with Crippen LogP contribution in [0.25, 0.3) is 32.9 Å². The van der Waals surface area contributed by atoms with E-state index in [2.05, 4.69) is 14.8 Å². The van der Waals surface area contributed by atoms with Crippen molar-refractivity contribution in [2.75, 3.05) is 44.4 Å². The number of rotatable bonds is 5. The van der Waals surface area contributed by atoms with Crippen molar-refractivity contribution in [3.05, 3.63) is 47.2 Å². The van der Waals surface area contributed by atoms with Gasteiger partial charge in [-0.3, -0.25) is 4.90 Å². The lowest BCUT2D eigenvalue weighted by atomic mass is 9.94. The number of alkyl halides is 1. The number of hydrogen-bond acceptors (Lipinski definition) is 8. The minimum Gasteiger partial charge on any atom is -0.508 e. The molecule has 1 N–H and O–H groups in total. The van der Waals surface area contributed by atoms with Gasteiger partial charge in [-0.25, -0.2) is 18.2 Å². The van der Waals surface area contributed by atoms with Crippen LogP contribution in [0.15, 0.2) is 24.3 Å². The van der Waals surface area contributed by atoms with Crippen LogP contribution in [-0.2, 0) is 17.6 Å². The topological polar surface area (TPSA) is 83.8 Å². The van der Waals surface area contributed by atoms with E-state index in [1.54, 1.807) is 12.1 Å². The highest BCUT2D eigenvalue weighted by atomic mass is 19.1. The minimum atomic E-state index is -0.905. The van der Waals surface area contributed by atoms with Gasteiger partial charge in [-0.15, -0.1) is 0 Å². The maximum atomic E-state index is 17.0. The van der Waals surface area contributed by atoms with Crippen LogP contribution in [0.1, 0.15) is 50.3 Å². The molecule has 8 rings (SSSR count). The predicted molar refractivity (Wildman–Crippen MR) is 165 cm³/mol. The zero-order valence-corrected chi connectivity index (χ0v) is 25.3. The molecule has 6 heterocycles. The highest BCUT2D eigenvalue weighted by Gasteiger charge is 2.49. The molecule has 3 atom stereocenters. The van der Waals surface area contributed by atoms with Crippen molar-refractivity contribution < 1.29 is 27.8 Å². The van der Waals surface area contributed by atoms with Gasteiger partial charge in [0.05, 0.1) is 29.3 Å². The van der Waals surface area contributed by atoms with Gasteiger partial charge >= 0.3 is 6.01 Å². The van der Waals surface area contributed by atoms with Crippen LogP contribution >= 0.6 is 0 Å². The second-order valence-corrected chi connectivity index (χ2v) is 12.9. The Bertz CT molecular complexity index is 1820. The molecule has 2 aromatic carbocycles. The third kappa shape index (κ3) is 4.69. The highest BCUT2D eigenvalue weighted by molar-refractivity contribution is 6.02. The van der Waals surface area contributed by atoms with E-state index >= 15 is 8.78 Å². The quantitative estimate of drug-likeness (QED) is 0.296. The van der Waals surface area contributed by atoms with Crippen molar-refractivity contribution in [2.45, 2.75) is 69.6 Å². The minimum absolute atomic E-state index is 0.000676. The fraction of sp³-hybridized carbons (Fsp3) is 0.500. The summed E-state index contributed by atoms with van der Waals surface area (Å²) in [7, 11) is 0. The molecular formula is C34H36F3N5O3. The molecule has 3 saturated heterocycles. The third-order valence-electron chi connectivity index (χ3n) is 10.2. The zero-order valence-electron chi connectivity index (χ0n) is 25.3. The standard InChI is InChI=1S/C34H36F3N5O3/c1-2-23-25(36)7-5-19-13-22(43)14-24(27(19)23)30-29(37)31-28-26(38-30)8-6-21-17-44-12-4-11-42(21)32(28)40-33(39-31)45-18-34-9-3-10-41(34)16-20(35)15-34/h5,7,13-14,20-21,43H,2-4,6,8-12,15-18H2,1H3/t20-,21-,34+/m1/s1. The molecule has 236 valence electrons. The second-order valence-electron chi connectivity index (χ2n) is 12.9. The van der Waals surface area contributed by atoms with Gasteiger partial charge in [0.15, 0.2) is 5.82 Å². The summed E-state index contributed by atoms with van der Waals surface area (Å²) in [6, 6.07) is 6.00. The van der Waals surface area contributed by atoms with E-state index in [9.17, 15) is 9.50 Å². The van der Waals surface area contributed by atoms with Crippen molar-refractivity contribution >= 4 is 27.5 Å². The Morgan fingerprint density at radius 3 is 2.87 bits per heavy atom. The fourth-order valence-corrected chi connectivity index (χ4v) is 8.17. The molecule has 0 unspecified atom stereocenters. The number of anilines is 1. The number of aromatic nitrogens is 3. The number of phenols is 1. The molecule has 4 aromatic rings. The Balaban J connectivity index is 1.33. The fourth-order valence-electron chi connectivity index (χ4n) is 8.17. The average Bonchev–Trinajstić information content (AvgIpc) is 3.38. The van der Waals surface area contributed by atoms with Crippen LogP contribution < -0.4 is 9.64 Å². The summed E-state index contributed by atoms with van der Waals surface area (Å²) < 4.78 is 58.8. The first kappa shape index (κ1) is 28.8. The van der Waals surface area contributed by atoms with E-state index in [1.807, 2.05) is 6.92 Å². The van der Waals surface area contributed by atoms with Gasteiger partial charge in [0.2, 0.25) is 0 Å². The number of pyridine rings is 1. The Morgan fingerprint density at radius 1 is 1.11 bits per heavy atom. The normalized spacial score (nSPS) is 24.9. The molecule has 45 heavy (non-hydrogen) atoms. The molecule has 0 saturated carbocycles. The van der Waals surface area contributed by atoms with Crippen molar-refractivity contribution in [2.24, 2.45) is 0 Å². The summed E-state index contributed by atoms with van der Waals surface area (Å²) in [4.78, 5) is 18.8. The molecule has 4 aliphatic heterocycles. The maximum Gasteiger partial charge on any atom is 0.319 e. The smallest absolute Gasteiger partial charge is 0.319 e. The number of aryl methyl sites for hydroxylation is 2. The van der Waals surface area contributed by atoms with Gasteiger partial charge in [0.25, 0.3) is 0 Å². The monoisotopic (exact) mass is 619 g/mol. The van der Waals surface area contributed by atoms with Gasteiger partial charge in [-0.1, -0.05) is 13.0 Å². The predicted octanol–water partition coefficient (Wildman–Crippen LogP) is 5.89. The van der Waals surface area contributed by atoms with Crippen LogP contribution in [0.2, 0.25) is 0 Å². The van der Waals surface area contributed by atoms with Gasteiger partial charge < -0.3 is 19.5 Å². The molecule has 4 aliphatic rings. The number of hydrogen-bond donors (Lipinski definition) is 1. The first-order valence-corrected chi connectivity index (χ1v) is 16.1. The Hall–Kier alpha value is -3.70. The number of nitrogens with zero attached hydrogens (tertiary/aromatic N) is 5. The number of benzene rings is 2. The summed E-state index contributed by atoms with van der Waals surface area (Å²) in [5.41, 5.74) is 1.03. The van der Waals surface area contributed by atoms with Crippen LogP contribution in [0.3, 0.4) is 0 Å². The number of fused-ring (bicyclic) bond motifs is 4. The van der Waals surface area contributed by atoms with E-state index < -0.39 is 23.3 Å². The van der Waals surface area contributed by atoms with Crippen LogP contribution in [0.5, 0.6) is 11.8 Å². The molecule has 0 amide bonds. The average molecular weight is 620 g/mol. The highest BCUT2D eigenvalue weighted by Crippen LogP contribution is 2.43. The van der Waals surface area contributed by atoms with Gasteiger partial charge in [0, 0.05) is 31.7 Å². The first-order valence-electron chi connectivity index (χ1n) is 16.1. The largest absolute Gasteiger partial charge is 0.508 e. The maximum absolute atomic E-state index is 17.0. The number of aromatic hydroxyl groups is 1. The summed E-state index contributed by atoms with van der Waals surface area (Å²) in [6.45, 7) is 5.10. The number of phenolic OH excluding ortho intramolecular Hbond substituents is 1. The molecule has 11 heteroatoms. The molecular weight excluding hydrogens is 583 g/mol. The number of halogens is 3. The van der Waals surface area contributed by atoms with E-state index in [4.69, 9.17) is 19.4 Å². The molecule has 2 aromatic heterocycles. The van der Waals surface area contributed by atoms with Crippen molar-refractivity contribution in [3.8, 4) is 23.0 Å². The van der Waals surface area contributed by atoms with Gasteiger partial charge in [-0.2, -0.15) is 9.97 Å². The first-order chi connectivity index (χ1) is 21.8. The Morgan fingerprint density at radius 2 is 2.00 bits per heavy atom. The molecule has 8 nitrogen and oxygen atoms in total. The molecule has 0 radical (unpaired) electrons. The lowest BCUT2D eigenvalue weighted by Gasteiger charge is -2.31.